The summed E-state index contributed by atoms with van der Waals surface area (Å²) in [5.41, 5.74) is 2.31. The van der Waals surface area contributed by atoms with E-state index >= 15 is 0 Å². The summed E-state index contributed by atoms with van der Waals surface area (Å²) in [5.74, 6) is -0.356. The van der Waals surface area contributed by atoms with E-state index in [1.54, 1.807) is 53.6 Å². The third-order valence-corrected chi connectivity index (χ3v) is 8.06. The molecular formula is C29H25N3O5S2. The molecule has 3 heterocycles. The molecule has 0 aliphatic carbocycles. The maximum Gasteiger partial charge on any atom is 0.335 e. The van der Waals surface area contributed by atoms with E-state index in [1.807, 2.05) is 37.4 Å². The summed E-state index contributed by atoms with van der Waals surface area (Å²) in [6.45, 7) is 4.09. The van der Waals surface area contributed by atoms with Gasteiger partial charge in [-0.25, -0.2) is 9.79 Å². The molecular weight excluding hydrogens is 534 g/mol. The second-order valence-electron chi connectivity index (χ2n) is 8.80. The van der Waals surface area contributed by atoms with E-state index in [-0.39, 0.29) is 17.0 Å². The monoisotopic (exact) mass is 559 g/mol. The van der Waals surface area contributed by atoms with Crippen LogP contribution in [0.25, 0.3) is 17.4 Å². The van der Waals surface area contributed by atoms with Crippen molar-refractivity contribution in [2.45, 2.75) is 24.8 Å². The molecule has 2 aromatic carbocycles. The van der Waals surface area contributed by atoms with Crippen molar-refractivity contribution in [3.05, 3.63) is 109 Å². The van der Waals surface area contributed by atoms with Gasteiger partial charge in [-0.1, -0.05) is 35.6 Å². The normalized spacial score (nSPS) is 15.2. The van der Waals surface area contributed by atoms with E-state index in [2.05, 4.69) is 10.3 Å². The molecule has 2 aromatic heterocycles. The fraction of sp³-hybridized carbons (Fsp3) is 0.172. The van der Waals surface area contributed by atoms with Gasteiger partial charge in [0, 0.05) is 23.1 Å². The third kappa shape index (κ3) is 5.13. The zero-order chi connectivity index (χ0) is 27.7. The number of aromatic carboxylic acids is 1. The van der Waals surface area contributed by atoms with Crippen LogP contribution in [0.15, 0.2) is 91.0 Å². The minimum Gasteiger partial charge on any atom is -0.478 e. The smallest absolute Gasteiger partial charge is 0.335 e. The molecule has 4 aromatic rings. The molecule has 5 rings (SSSR count). The van der Waals surface area contributed by atoms with E-state index in [0.717, 1.165) is 10.5 Å². The fourth-order valence-corrected chi connectivity index (χ4v) is 5.92. The van der Waals surface area contributed by atoms with E-state index in [1.165, 1.54) is 23.5 Å². The van der Waals surface area contributed by atoms with Crippen LogP contribution in [0.5, 0.6) is 0 Å². The Morgan fingerprint density at radius 2 is 1.95 bits per heavy atom. The Morgan fingerprint density at radius 1 is 1.18 bits per heavy atom. The molecule has 1 amide bonds. The van der Waals surface area contributed by atoms with Crippen LogP contribution in [0, 0.1) is 0 Å². The van der Waals surface area contributed by atoms with Gasteiger partial charge in [-0.2, -0.15) is 0 Å². The summed E-state index contributed by atoms with van der Waals surface area (Å²) in [7, 11) is 0. The van der Waals surface area contributed by atoms with Crippen molar-refractivity contribution >= 4 is 41.1 Å². The number of allylic oxidation sites excluding steroid dienone is 1. The number of hydrogen-bond acceptors (Lipinski definition) is 7. The molecule has 1 atom stereocenters. The standard InChI is InChI=1S/C29H25N3O5S2/c1-4-30-26(33)24-16(2)31-29-32(25(24)17-8-11-21(38-3)12-9-17)27(34)23(39-29)15-20-10-13-22(37-20)18-6-5-7-19(14-18)28(35)36/h5-15,25H,4H2,1-3H3,(H,30,33)(H,35,36)/b23-15-. The molecule has 2 N–H and O–H groups in total. The first-order valence-electron chi connectivity index (χ1n) is 12.2. The lowest BCUT2D eigenvalue weighted by Gasteiger charge is -2.25. The number of nitrogens with zero attached hydrogens (tertiary/aromatic N) is 2. The van der Waals surface area contributed by atoms with Crippen LogP contribution >= 0.6 is 23.1 Å². The molecule has 0 spiro atoms. The number of fused-ring (bicyclic) bond motifs is 1. The summed E-state index contributed by atoms with van der Waals surface area (Å²) in [4.78, 5) is 44.5. The third-order valence-electron chi connectivity index (χ3n) is 6.33. The summed E-state index contributed by atoms with van der Waals surface area (Å²) >= 11 is 2.84. The first kappa shape index (κ1) is 26.5. The van der Waals surface area contributed by atoms with Crippen molar-refractivity contribution in [3.63, 3.8) is 0 Å². The van der Waals surface area contributed by atoms with E-state index < -0.39 is 12.0 Å². The van der Waals surface area contributed by atoms with Crippen LogP contribution in [0.1, 0.15) is 41.6 Å². The first-order chi connectivity index (χ1) is 18.8. The van der Waals surface area contributed by atoms with Crippen LogP contribution in [0.2, 0.25) is 0 Å². The van der Waals surface area contributed by atoms with Crippen molar-refractivity contribution in [2.75, 3.05) is 12.8 Å². The fourth-order valence-electron chi connectivity index (χ4n) is 4.49. The van der Waals surface area contributed by atoms with Gasteiger partial charge in [0.15, 0.2) is 4.80 Å². The van der Waals surface area contributed by atoms with Crippen LogP contribution < -0.4 is 20.2 Å². The quantitative estimate of drug-likeness (QED) is 0.330. The largest absolute Gasteiger partial charge is 0.478 e. The zero-order valence-electron chi connectivity index (χ0n) is 21.4. The van der Waals surface area contributed by atoms with Crippen LogP contribution in [0.3, 0.4) is 0 Å². The number of carboxylic acids is 1. The number of likely N-dealkylation sites (N-methyl/N-ethyl adjacent to an activating group) is 1. The van der Waals surface area contributed by atoms with Crippen LogP contribution in [0.4, 0.5) is 0 Å². The molecule has 10 heteroatoms. The number of thiazole rings is 1. The van der Waals surface area contributed by atoms with E-state index in [4.69, 9.17) is 4.42 Å². The number of hydrogen-bond donors (Lipinski definition) is 2. The summed E-state index contributed by atoms with van der Waals surface area (Å²) in [6, 6.07) is 17.1. The number of amides is 1. The number of carbonyl (C=O) groups is 2. The number of aromatic nitrogens is 1. The topological polar surface area (TPSA) is 114 Å². The Labute approximate surface area is 232 Å². The number of carboxylic acid groups (broad SMARTS) is 1. The van der Waals surface area contributed by atoms with E-state index in [0.29, 0.717) is 44.2 Å². The lowest BCUT2D eigenvalue weighted by molar-refractivity contribution is -0.117. The number of rotatable bonds is 7. The number of benzene rings is 2. The van der Waals surface area contributed by atoms with Gasteiger partial charge in [-0.3, -0.25) is 14.2 Å². The van der Waals surface area contributed by atoms with Crippen molar-refractivity contribution in [1.82, 2.24) is 9.88 Å². The average molecular weight is 560 g/mol. The van der Waals surface area contributed by atoms with Gasteiger partial charge < -0.3 is 14.8 Å². The van der Waals surface area contributed by atoms with Gasteiger partial charge in [0.25, 0.3) is 11.5 Å². The number of carbonyl (C=O) groups excluding carboxylic acids is 1. The molecule has 39 heavy (non-hydrogen) atoms. The van der Waals surface area contributed by atoms with Crippen LogP contribution in [-0.2, 0) is 4.79 Å². The molecule has 8 nitrogen and oxygen atoms in total. The first-order valence-corrected chi connectivity index (χ1v) is 14.2. The number of furan rings is 1. The number of thioether (sulfide) groups is 1. The minimum absolute atomic E-state index is 0.155. The Bertz CT molecular complexity index is 1800. The highest BCUT2D eigenvalue weighted by atomic mass is 32.2. The maximum absolute atomic E-state index is 13.8. The predicted molar refractivity (Wildman–Crippen MR) is 152 cm³/mol. The van der Waals surface area contributed by atoms with Gasteiger partial charge in [-0.05, 0) is 62.1 Å². The second-order valence-corrected chi connectivity index (χ2v) is 10.7. The molecule has 0 fully saturated rings. The molecule has 0 bridgehead atoms. The predicted octanol–water partition coefficient (Wildman–Crippen LogP) is 4.05. The second kappa shape index (κ2) is 10.9. The van der Waals surface area contributed by atoms with E-state index in [9.17, 15) is 19.5 Å². The van der Waals surface area contributed by atoms with Gasteiger partial charge in [0.1, 0.15) is 11.5 Å². The Morgan fingerprint density at radius 3 is 2.64 bits per heavy atom. The molecule has 198 valence electrons. The SMILES string of the molecule is CCNC(=O)C1=C(C)N=c2s/c(=C\c3ccc(-c4cccc(C(=O)O)c4)o3)c(=O)n2C1c1ccc(SC)cc1. The highest BCUT2D eigenvalue weighted by molar-refractivity contribution is 7.98. The molecule has 1 aliphatic heterocycles. The molecule has 0 saturated heterocycles. The molecule has 1 aliphatic rings. The summed E-state index contributed by atoms with van der Waals surface area (Å²) in [6.07, 6.45) is 3.64. The zero-order valence-corrected chi connectivity index (χ0v) is 23.1. The Hall–Kier alpha value is -4.15. The lowest BCUT2D eigenvalue weighted by Crippen LogP contribution is -2.41. The van der Waals surface area contributed by atoms with Crippen molar-refractivity contribution in [3.8, 4) is 11.3 Å². The molecule has 0 saturated carbocycles. The van der Waals surface area contributed by atoms with Gasteiger partial charge in [-0.15, -0.1) is 11.8 Å². The van der Waals surface area contributed by atoms with Gasteiger partial charge >= 0.3 is 5.97 Å². The maximum atomic E-state index is 13.8. The number of nitrogens with one attached hydrogen (secondary N) is 1. The van der Waals surface area contributed by atoms with Crippen molar-refractivity contribution in [1.29, 1.82) is 0 Å². The molecule has 0 radical (unpaired) electrons. The highest BCUT2D eigenvalue weighted by Gasteiger charge is 2.32. The highest BCUT2D eigenvalue weighted by Crippen LogP contribution is 2.31. The van der Waals surface area contributed by atoms with Crippen LogP contribution in [-0.4, -0.2) is 34.4 Å². The summed E-state index contributed by atoms with van der Waals surface area (Å²) < 4.78 is 7.93. The lowest BCUT2D eigenvalue weighted by atomic mass is 9.95. The Balaban J connectivity index is 1.61. The summed E-state index contributed by atoms with van der Waals surface area (Å²) in [5, 5.41) is 12.1. The van der Waals surface area contributed by atoms with Crippen molar-refractivity contribution in [2.24, 2.45) is 4.99 Å². The Kier molecular flexibility index (Phi) is 7.40. The van der Waals surface area contributed by atoms with Crippen molar-refractivity contribution < 1.29 is 19.1 Å². The van der Waals surface area contributed by atoms with Gasteiger partial charge in [0.2, 0.25) is 0 Å². The van der Waals surface area contributed by atoms with Gasteiger partial charge in [0.05, 0.1) is 27.4 Å². The minimum atomic E-state index is -1.02. The molecule has 1 unspecified atom stereocenters. The average Bonchev–Trinajstić information content (AvgIpc) is 3.52.